The van der Waals surface area contributed by atoms with Crippen LogP contribution in [0.2, 0.25) is 0 Å². The van der Waals surface area contributed by atoms with Gasteiger partial charge in [-0.15, -0.1) is 0 Å². The number of amides is 1. The quantitative estimate of drug-likeness (QED) is 0.762. The number of ketones is 1. The van der Waals surface area contributed by atoms with Gasteiger partial charge in [0.05, 0.1) is 0 Å². The molecule has 1 saturated heterocycles. The second-order valence-corrected chi connectivity index (χ2v) is 7.07. The van der Waals surface area contributed by atoms with Crippen LogP contribution < -0.4 is 9.47 Å². The van der Waals surface area contributed by atoms with Crippen LogP contribution in [0.25, 0.3) is 0 Å². The summed E-state index contributed by atoms with van der Waals surface area (Å²) in [5, 5.41) is 0. The Morgan fingerprint density at radius 2 is 1.70 bits per heavy atom. The molecule has 5 heteroatoms. The van der Waals surface area contributed by atoms with Gasteiger partial charge in [0, 0.05) is 31.0 Å². The molecular formula is C22H23NO4. The molecule has 1 amide bonds. The molecule has 0 atom stereocenters. The molecule has 0 bridgehead atoms. The lowest BCUT2D eigenvalue weighted by Crippen LogP contribution is -2.40. The van der Waals surface area contributed by atoms with Crippen LogP contribution in [0.3, 0.4) is 0 Å². The summed E-state index contributed by atoms with van der Waals surface area (Å²) >= 11 is 0. The van der Waals surface area contributed by atoms with E-state index in [0.717, 1.165) is 35.5 Å². The zero-order chi connectivity index (χ0) is 18.6. The summed E-state index contributed by atoms with van der Waals surface area (Å²) in [7, 11) is 0. The monoisotopic (exact) mass is 365 g/mol. The third-order valence-corrected chi connectivity index (χ3v) is 5.34. The lowest BCUT2D eigenvalue weighted by Gasteiger charge is -2.31. The summed E-state index contributed by atoms with van der Waals surface area (Å²) < 4.78 is 10.7. The van der Waals surface area contributed by atoms with Gasteiger partial charge in [0.15, 0.2) is 17.3 Å². The van der Waals surface area contributed by atoms with Gasteiger partial charge in [-0.25, -0.2) is 0 Å². The highest BCUT2D eigenvalue weighted by Gasteiger charge is 2.27. The number of rotatable bonds is 5. The summed E-state index contributed by atoms with van der Waals surface area (Å²) in [6.45, 7) is 1.57. The fraction of sp³-hybridized carbons (Fsp3) is 0.364. The molecule has 0 radical (unpaired) electrons. The molecule has 0 aromatic heterocycles. The molecule has 140 valence electrons. The van der Waals surface area contributed by atoms with E-state index >= 15 is 0 Å². The SMILES string of the molecule is O=C(c1ccccc1)C1CCN(C(=O)CCc2ccc3c(c2)OCO3)CC1. The van der Waals surface area contributed by atoms with E-state index in [9.17, 15) is 9.59 Å². The molecule has 2 aliphatic heterocycles. The van der Waals surface area contributed by atoms with Gasteiger partial charge in [0.2, 0.25) is 12.7 Å². The van der Waals surface area contributed by atoms with E-state index in [-0.39, 0.29) is 24.4 Å². The van der Waals surface area contributed by atoms with Gasteiger partial charge in [0.25, 0.3) is 0 Å². The normalized spacial score (nSPS) is 16.4. The number of fused-ring (bicyclic) bond motifs is 1. The van der Waals surface area contributed by atoms with E-state index in [2.05, 4.69) is 0 Å². The molecule has 2 aliphatic rings. The van der Waals surface area contributed by atoms with E-state index in [1.807, 2.05) is 53.4 Å². The van der Waals surface area contributed by atoms with Crippen LogP contribution in [0.1, 0.15) is 35.2 Å². The smallest absolute Gasteiger partial charge is 0.231 e. The molecule has 5 nitrogen and oxygen atoms in total. The Balaban J connectivity index is 1.27. The maximum atomic E-state index is 12.6. The molecule has 0 N–H and O–H groups in total. The number of nitrogens with zero attached hydrogens (tertiary/aromatic N) is 1. The minimum Gasteiger partial charge on any atom is -0.454 e. The average Bonchev–Trinajstić information content (AvgIpc) is 3.20. The first kappa shape index (κ1) is 17.6. The Labute approximate surface area is 158 Å². The molecule has 2 aromatic carbocycles. The van der Waals surface area contributed by atoms with E-state index in [1.54, 1.807) is 0 Å². The molecule has 1 fully saturated rings. The van der Waals surface area contributed by atoms with E-state index in [0.29, 0.717) is 25.9 Å². The molecule has 27 heavy (non-hydrogen) atoms. The standard InChI is InChI=1S/C22H23NO4/c24-21(9-7-16-6-8-19-20(14-16)27-15-26-19)23-12-10-18(11-13-23)22(25)17-4-2-1-3-5-17/h1-6,8,14,18H,7,9-13,15H2. The average molecular weight is 365 g/mol. The van der Waals surface area contributed by atoms with Crippen molar-refractivity contribution in [2.75, 3.05) is 19.9 Å². The van der Waals surface area contributed by atoms with Crippen molar-refractivity contribution in [2.45, 2.75) is 25.7 Å². The minimum absolute atomic E-state index is 0.0188. The fourth-order valence-electron chi connectivity index (χ4n) is 3.74. The number of likely N-dealkylation sites (tertiary alicyclic amines) is 1. The minimum atomic E-state index is 0.0188. The van der Waals surface area contributed by atoms with Crippen LogP contribution >= 0.6 is 0 Å². The number of aryl methyl sites for hydroxylation is 1. The number of hydrogen-bond donors (Lipinski definition) is 0. The van der Waals surface area contributed by atoms with Crippen molar-refractivity contribution in [3.8, 4) is 11.5 Å². The van der Waals surface area contributed by atoms with Gasteiger partial charge >= 0.3 is 0 Å². The number of benzene rings is 2. The molecule has 0 saturated carbocycles. The van der Waals surface area contributed by atoms with Crippen LogP contribution in [0, 0.1) is 5.92 Å². The predicted octanol–water partition coefficient (Wildman–Crippen LogP) is 3.47. The summed E-state index contributed by atoms with van der Waals surface area (Å²) in [5.41, 5.74) is 1.84. The number of carbonyl (C=O) groups excluding carboxylic acids is 2. The van der Waals surface area contributed by atoms with E-state index in [4.69, 9.17) is 9.47 Å². The maximum absolute atomic E-state index is 12.6. The zero-order valence-electron chi connectivity index (χ0n) is 15.2. The lowest BCUT2D eigenvalue weighted by atomic mass is 9.89. The summed E-state index contributed by atoms with van der Waals surface area (Å²) in [5.74, 6) is 1.88. The van der Waals surface area contributed by atoms with Gasteiger partial charge in [-0.1, -0.05) is 36.4 Å². The first-order valence-corrected chi connectivity index (χ1v) is 9.46. The Morgan fingerprint density at radius 3 is 2.48 bits per heavy atom. The molecule has 0 unspecified atom stereocenters. The molecule has 2 aromatic rings. The highest BCUT2D eigenvalue weighted by molar-refractivity contribution is 5.98. The van der Waals surface area contributed by atoms with Gasteiger partial charge in [-0.2, -0.15) is 0 Å². The van der Waals surface area contributed by atoms with Crippen LogP contribution in [0.4, 0.5) is 0 Å². The number of hydrogen-bond acceptors (Lipinski definition) is 4. The highest BCUT2D eigenvalue weighted by atomic mass is 16.7. The van der Waals surface area contributed by atoms with Gasteiger partial charge in [-0.05, 0) is 37.0 Å². The molecule has 4 rings (SSSR count). The Bertz CT molecular complexity index is 825. The van der Waals surface area contributed by atoms with Gasteiger partial charge in [-0.3, -0.25) is 9.59 Å². The molecule has 2 heterocycles. The van der Waals surface area contributed by atoms with Crippen molar-refractivity contribution in [3.63, 3.8) is 0 Å². The third kappa shape index (κ3) is 3.97. The number of piperidine rings is 1. The summed E-state index contributed by atoms with van der Waals surface area (Å²) in [6.07, 6.45) is 2.63. The van der Waals surface area contributed by atoms with Crippen LogP contribution in [-0.2, 0) is 11.2 Å². The Morgan fingerprint density at radius 1 is 0.963 bits per heavy atom. The highest BCUT2D eigenvalue weighted by Crippen LogP contribution is 2.33. The van der Waals surface area contributed by atoms with Crippen molar-refractivity contribution in [1.29, 1.82) is 0 Å². The zero-order valence-corrected chi connectivity index (χ0v) is 15.2. The van der Waals surface area contributed by atoms with Crippen molar-refractivity contribution < 1.29 is 19.1 Å². The topological polar surface area (TPSA) is 55.8 Å². The second-order valence-electron chi connectivity index (χ2n) is 7.07. The van der Waals surface area contributed by atoms with Gasteiger partial charge < -0.3 is 14.4 Å². The molecular weight excluding hydrogens is 342 g/mol. The largest absolute Gasteiger partial charge is 0.454 e. The maximum Gasteiger partial charge on any atom is 0.231 e. The fourth-order valence-corrected chi connectivity index (χ4v) is 3.74. The van der Waals surface area contributed by atoms with Crippen LogP contribution in [0.5, 0.6) is 11.5 Å². The summed E-state index contributed by atoms with van der Waals surface area (Å²) in [6, 6.07) is 15.2. The number of Topliss-reactive ketones (excluding diaryl/α,β-unsaturated/α-hetero) is 1. The lowest BCUT2D eigenvalue weighted by molar-refractivity contribution is -0.132. The van der Waals surface area contributed by atoms with Crippen LogP contribution in [0.15, 0.2) is 48.5 Å². The van der Waals surface area contributed by atoms with Crippen molar-refractivity contribution in [2.24, 2.45) is 5.92 Å². The van der Waals surface area contributed by atoms with Crippen LogP contribution in [-0.4, -0.2) is 36.5 Å². The van der Waals surface area contributed by atoms with Crippen molar-refractivity contribution in [1.82, 2.24) is 4.90 Å². The molecule has 0 aliphatic carbocycles. The Hall–Kier alpha value is -2.82. The first-order chi connectivity index (χ1) is 13.2. The van der Waals surface area contributed by atoms with Crippen molar-refractivity contribution in [3.05, 3.63) is 59.7 Å². The van der Waals surface area contributed by atoms with Crippen molar-refractivity contribution >= 4 is 11.7 Å². The van der Waals surface area contributed by atoms with E-state index in [1.165, 1.54) is 0 Å². The second kappa shape index (κ2) is 7.82. The Kier molecular flexibility index (Phi) is 5.10. The predicted molar refractivity (Wildman–Crippen MR) is 101 cm³/mol. The van der Waals surface area contributed by atoms with E-state index < -0.39 is 0 Å². The van der Waals surface area contributed by atoms with Gasteiger partial charge in [0.1, 0.15) is 0 Å². The summed E-state index contributed by atoms with van der Waals surface area (Å²) in [4.78, 5) is 27.0. The molecule has 0 spiro atoms. The third-order valence-electron chi connectivity index (χ3n) is 5.34. The number of ether oxygens (including phenoxy) is 2. The number of carbonyl (C=O) groups is 2. The first-order valence-electron chi connectivity index (χ1n) is 9.46.